The standard InChI is InChI=1S/C9H18N2O3/c1-13-5-6-14-11-9(12)8-3-2-4-10-7-8/h8,10H,2-7H2,1H3,(H,11,12)/t8-/m1/s1. The largest absolute Gasteiger partial charge is 0.382 e. The summed E-state index contributed by atoms with van der Waals surface area (Å²) < 4.78 is 4.78. The highest BCUT2D eigenvalue weighted by molar-refractivity contribution is 5.77. The molecule has 1 atom stereocenters. The van der Waals surface area contributed by atoms with Crippen molar-refractivity contribution in [1.82, 2.24) is 10.8 Å². The second-order valence-electron chi connectivity index (χ2n) is 3.35. The van der Waals surface area contributed by atoms with E-state index in [9.17, 15) is 4.79 Å². The van der Waals surface area contributed by atoms with E-state index in [-0.39, 0.29) is 11.8 Å². The van der Waals surface area contributed by atoms with Gasteiger partial charge in [0.25, 0.3) is 0 Å². The van der Waals surface area contributed by atoms with Gasteiger partial charge in [0.15, 0.2) is 0 Å². The molecule has 1 heterocycles. The Morgan fingerprint density at radius 3 is 3.07 bits per heavy atom. The van der Waals surface area contributed by atoms with Crippen LogP contribution in [0.2, 0.25) is 0 Å². The zero-order chi connectivity index (χ0) is 10.2. The van der Waals surface area contributed by atoms with Crippen LogP contribution >= 0.6 is 0 Å². The number of rotatable bonds is 5. The van der Waals surface area contributed by atoms with E-state index < -0.39 is 0 Å². The Bertz CT molecular complexity index is 169. The smallest absolute Gasteiger partial charge is 0.247 e. The summed E-state index contributed by atoms with van der Waals surface area (Å²) in [6.07, 6.45) is 1.99. The normalized spacial score (nSPS) is 21.9. The van der Waals surface area contributed by atoms with Gasteiger partial charge in [-0.25, -0.2) is 5.48 Å². The minimum atomic E-state index is -0.0340. The first-order valence-corrected chi connectivity index (χ1v) is 4.96. The van der Waals surface area contributed by atoms with Gasteiger partial charge in [0.1, 0.15) is 0 Å². The van der Waals surface area contributed by atoms with Crippen LogP contribution in [0.25, 0.3) is 0 Å². The van der Waals surface area contributed by atoms with Gasteiger partial charge in [0.05, 0.1) is 19.1 Å². The number of nitrogens with one attached hydrogen (secondary N) is 2. The van der Waals surface area contributed by atoms with E-state index >= 15 is 0 Å². The number of piperidine rings is 1. The molecular weight excluding hydrogens is 184 g/mol. The van der Waals surface area contributed by atoms with E-state index in [1.54, 1.807) is 7.11 Å². The van der Waals surface area contributed by atoms with E-state index in [4.69, 9.17) is 9.57 Å². The molecule has 1 saturated heterocycles. The van der Waals surface area contributed by atoms with Crippen LogP contribution in [0.3, 0.4) is 0 Å². The van der Waals surface area contributed by atoms with Gasteiger partial charge in [-0.15, -0.1) is 0 Å². The molecule has 5 nitrogen and oxygen atoms in total. The predicted molar refractivity (Wildman–Crippen MR) is 51.6 cm³/mol. The molecular formula is C9H18N2O3. The molecule has 0 radical (unpaired) electrons. The summed E-state index contributed by atoms with van der Waals surface area (Å²) in [4.78, 5) is 16.4. The van der Waals surface area contributed by atoms with E-state index in [1.807, 2.05) is 0 Å². The summed E-state index contributed by atoms with van der Waals surface area (Å²) in [6.45, 7) is 2.64. The quantitative estimate of drug-likeness (QED) is 0.474. The van der Waals surface area contributed by atoms with E-state index in [0.29, 0.717) is 13.2 Å². The molecule has 0 unspecified atom stereocenters. The monoisotopic (exact) mass is 202 g/mol. The number of hydrogen-bond donors (Lipinski definition) is 2. The zero-order valence-corrected chi connectivity index (χ0v) is 8.54. The SMILES string of the molecule is COCCONC(=O)[C@@H]1CCCNC1. The van der Waals surface area contributed by atoms with Crippen molar-refractivity contribution in [3.8, 4) is 0 Å². The second-order valence-corrected chi connectivity index (χ2v) is 3.35. The summed E-state index contributed by atoms with van der Waals surface area (Å²) >= 11 is 0. The number of ether oxygens (including phenoxy) is 1. The van der Waals surface area contributed by atoms with Gasteiger partial charge in [0, 0.05) is 13.7 Å². The Labute approximate surface area is 84.1 Å². The highest BCUT2D eigenvalue weighted by Crippen LogP contribution is 2.09. The molecule has 0 aliphatic carbocycles. The minimum Gasteiger partial charge on any atom is -0.382 e. The van der Waals surface area contributed by atoms with Gasteiger partial charge in [-0.1, -0.05) is 0 Å². The van der Waals surface area contributed by atoms with Gasteiger partial charge in [0.2, 0.25) is 5.91 Å². The van der Waals surface area contributed by atoms with Crippen molar-refractivity contribution in [3.63, 3.8) is 0 Å². The third kappa shape index (κ3) is 4.04. The lowest BCUT2D eigenvalue weighted by molar-refractivity contribution is -0.139. The van der Waals surface area contributed by atoms with E-state index in [2.05, 4.69) is 10.8 Å². The highest BCUT2D eigenvalue weighted by atomic mass is 16.7. The molecule has 0 bridgehead atoms. The molecule has 0 aromatic carbocycles. The van der Waals surface area contributed by atoms with Crippen LogP contribution in [0, 0.1) is 5.92 Å². The Balaban J connectivity index is 2.07. The predicted octanol–water partition coefficient (Wildman–Crippen LogP) is -0.320. The fourth-order valence-corrected chi connectivity index (χ4v) is 1.41. The van der Waals surface area contributed by atoms with Crippen LogP contribution in [0.5, 0.6) is 0 Å². The number of hydrogen-bond acceptors (Lipinski definition) is 4. The van der Waals surface area contributed by atoms with Gasteiger partial charge >= 0.3 is 0 Å². The molecule has 1 fully saturated rings. The zero-order valence-electron chi connectivity index (χ0n) is 8.54. The fraction of sp³-hybridized carbons (Fsp3) is 0.889. The molecule has 1 aliphatic heterocycles. The Hall–Kier alpha value is -0.650. The molecule has 1 amide bonds. The second kappa shape index (κ2) is 6.75. The third-order valence-corrected chi connectivity index (χ3v) is 2.23. The van der Waals surface area contributed by atoms with Gasteiger partial charge in [-0.3, -0.25) is 9.63 Å². The molecule has 0 saturated carbocycles. The Kier molecular flexibility index (Phi) is 5.51. The third-order valence-electron chi connectivity index (χ3n) is 2.23. The first-order valence-electron chi connectivity index (χ1n) is 4.96. The van der Waals surface area contributed by atoms with Crippen LogP contribution in [0.15, 0.2) is 0 Å². The topological polar surface area (TPSA) is 59.6 Å². The molecule has 14 heavy (non-hydrogen) atoms. The summed E-state index contributed by atoms with van der Waals surface area (Å²) in [6, 6.07) is 0. The van der Waals surface area contributed by atoms with Crippen molar-refractivity contribution in [2.75, 3.05) is 33.4 Å². The lowest BCUT2D eigenvalue weighted by Crippen LogP contribution is -2.40. The van der Waals surface area contributed by atoms with Crippen molar-refractivity contribution < 1.29 is 14.4 Å². The van der Waals surface area contributed by atoms with Crippen LogP contribution in [-0.4, -0.2) is 39.3 Å². The van der Waals surface area contributed by atoms with Crippen LogP contribution in [0.4, 0.5) is 0 Å². The Morgan fingerprint density at radius 1 is 1.57 bits per heavy atom. The van der Waals surface area contributed by atoms with Crippen LogP contribution in [-0.2, 0) is 14.4 Å². The fourth-order valence-electron chi connectivity index (χ4n) is 1.41. The van der Waals surface area contributed by atoms with Gasteiger partial charge in [-0.2, -0.15) is 0 Å². The molecule has 1 rings (SSSR count). The van der Waals surface area contributed by atoms with Crippen molar-refractivity contribution in [3.05, 3.63) is 0 Å². The maximum Gasteiger partial charge on any atom is 0.247 e. The summed E-state index contributed by atoms with van der Waals surface area (Å²) in [5, 5.41) is 3.18. The number of amides is 1. The van der Waals surface area contributed by atoms with Crippen LogP contribution in [0.1, 0.15) is 12.8 Å². The average molecular weight is 202 g/mol. The number of hydroxylamine groups is 1. The first-order chi connectivity index (χ1) is 6.84. The lowest BCUT2D eigenvalue weighted by atomic mass is 9.99. The van der Waals surface area contributed by atoms with E-state index in [0.717, 1.165) is 25.9 Å². The summed E-state index contributed by atoms with van der Waals surface area (Å²) in [7, 11) is 1.59. The van der Waals surface area contributed by atoms with Crippen molar-refractivity contribution in [2.24, 2.45) is 5.92 Å². The molecule has 0 aromatic heterocycles. The number of carbonyl (C=O) groups excluding carboxylic acids is 1. The summed E-state index contributed by atoms with van der Waals surface area (Å²) in [5.74, 6) is 0.0135. The Morgan fingerprint density at radius 2 is 2.43 bits per heavy atom. The highest BCUT2D eigenvalue weighted by Gasteiger charge is 2.20. The van der Waals surface area contributed by atoms with Crippen molar-refractivity contribution in [1.29, 1.82) is 0 Å². The molecule has 82 valence electrons. The van der Waals surface area contributed by atoms with Crippen molar-refractivity contribution in [2.45, 2.75) is 12.8 Å². The molecule has 0 spiro atoms. The first kappa shape index (κ1) is 11.4. The van der Waals surface area contributed by atoms with Crippen LogP contribution < -0.4 is 10.8 Å². The molecule has 1 aliphatic rings. The maximum absolute atomic E-state index is 11.4. The lowest BCUT2D eigenvalue weighted by Gasteiger charge is -2.21. The molecule has 2 N–H and O–H groups in total. The van der Waals surface area contributed by atoms with Gasteiger partial charge < -0.3 is 10.1 Å². The number of methoxy groups -OCH3 is 1. The number of carbonyl (C=O) groups is 1. The maximum atomic E-state index is 11.4. The van der Waals surface area contributed by atoms with Crippen molar-refractivity contribution >= 4 is 5.91 Å². The molecule has 0 aromatic rings. The average Bonchev–Trinajstić information content (AvgIpc) is 2.25. The van der Waals surface area contributed by atoms with E-state index in [1.165, 1.54) is 0 Å². The summed E-state index contributed by atoms with van der Waals surface area (Å²) in [5.41, 5.74) is 2.43. The minimum absolute atomic E-state index is 0.0340. The van der Waals surface area contributed by atoms with Gasteiger partial charge in [-0.05, 0) is 19.4 Å². The molecule has 5 heteroatoms.